The Hall–Kier alpha value is -1.98. The molecule has 78 valence electrons. The first-order valence-corrected chi connectivity index (χ1v) is 4.04. The van der Waals surface area contributed by atoms with Gasteiger partial charge in [0.1, 0.15) is 16.8 Å². The van der Waals surface area contributed by atoms with Gasteiger partial charge in [-0.3, -0.25) is 4.79 Å². The molecule has 0 atom stereocenters. The first kappa shape index (κ1) is 9.57. The number of hydrogen-bond acceptors (Lipinski definition) is 3. The number of ether oxygens (including phenoxy) is 1. The molecule has 2 rings (SSSR count). The van der Waals surface area contributed by atoms with Crippen molar-refractivity contribution in [1.82, 2.24) is 9.97 Å². The lowest BCUT2D eigenvalue weighted by molar-refractivity contribution is 0.411. The van der Waals surface area contributed by atoms with Crippen molar-refractivity contribution in [3.05, 3.63) is 34.3 Å². The topological polar surface area (TPSA) is 55.0 Å². The van der Waals surface area contributed by atoms with Gasteiger partial charge in [-0.2, -0.15) is 0 Å². The largest absolute Gasteiger partial charge is 0.494 e. The number of aromatic amines is 1. The van der Waals surface area contributed by atoms with Crippen LogP contribution in [-0.2, 0) is 0 Å². The summed E-state index contributed by atoms with van der Waals surface area (Å²) in [6, 6.07) is 0.856. The Labute approximate surface area is 82.5 Å². The van der Waals surface area contributed by atoms with Gasteiger partial charge in [-0.15, -0.1) is 0 Å². The van der Waals surface area contributed by atoms with E-state index in [2.05, 4.69) is 9.97 Å². The van der Waals surface area contributed by atoms with E-state index in [0.29, 0.717) is 0 Å². The number of methoxy groups -OCH3 is 1. The fourth-order valence-electron chi connectivity index (χ4n) is 1.27. The van der Waals surface area contributed by atoms with Gasteiger partial charge in [0.2, 0.25) is 0 Å². The number of nitrogens with zero attached hydrogens (tertiary/aromatic N) is 1. The summed E-state index contributed by atoms with van der Waals surface area (Å²) in [7, 11) is 1.29. The number of rotatable bonds is 1. The van der Waals surface area contributed by atoms with Crippen LogP contribution in [0.15, 0.2) is 17.1 Å². The smallest absolute Gasteiger partial charge is 0.266 e. The Bertz CT molecular complexity index is 580. The molecule has 2 aromatic rings. The van der Waals surface area contributed by atoms with Gasteiger partial charge in [-0.1, -0.05) is 0 Å². The molecule has 0 bridgehead atoms. The molecule has 0 saturated heterocycles. The number of halogens is 2. The molecule has 1 aromatic heterocycles. The molecule has 0 spiro atoms. The maximum Gasteiger partial charge on any atom is 0.266 e. The standard InChI is InChI=1S/C9H6F2N2O2/c1-15-5-2-4(10)7(11)9-8(5)13-6(14)3-12-9/h2-3H,1H3,(H,13,14). The Morgan fingerprint density at radius 3 is 2.87 bits per heavy atom. The third kappa shape index (κ3) is 1.43. The lowest BCUT2D eigenvalue weighted by Crippen LogP contribution is -2.07. The minimum absolute atomic E-state index is 0.0362. The molecule has 0 fully saturated rings. The summed E-state index contributed by atoms with van der Waals surface area (Å²) >= 11 is 0. The van der Waals surface area contributed by atoms with Crippen molar-refractivity contribution in [2.45, 2.75) is 0 Å². The van der Waals surface area contributed by atoms with Crippen LogP contribution in [0.4, 0.5) is 8.78 Å². The quantitative estimate of drug-likeness (QED) is 0.772. The van der Waals surface area contributed by atoms with Crippen molar-refractivity contribution >= 4 is 11.0 Å². The summed E-state index contributed by atoms with van der Waals surface area (Å²) in [4.78, 5) is 16.8. The van der Waals surface area contributed by atoms with E-state index in [1.807, 2.05) is 0 Å². The Kier molecular flexibility index (Phi) is 2.11. The second-order valence-electron chi connectivity index (χ2n) is 2.85. The first-order valence-electron chi connectivity index (χ1n) is 4.04. The average Bonchev–Trinajstić information content (AvgIpc) is 2.23. The van der Waals surface area contributed by atoms with Crippen molar-refractivity contribution in [2.24, 2.45) is 0 Å². The summed E-state index contributed by atoms with van der Waals surface area (Å²) in [5.74, 6) is -2.14. The fraction of sp³-hybridized carbons (Fsp3) is 0.111. The monoisotopic (exact) mass is 212 g/mol. The van der Waals surface area contributed by atoms with Crippen LogP contribution in [0.25, 0.3) is 11.0 Å². The number of H-pyrrole nitrogens is 1. The van der Waals surface area contributed by atoms with Crippen LogP contribution in [0.2, 0.25) is 0 Å². The van der Waals surface area contributed by atoms with Crippen LogP contribution < -0.4 is 10.3 Å². The lowest BCUT2D eigenvalue weighted by atomic mass is 10.2. The Morgan fingerprint density at radius 1 is 1.47 bits per heavy atom. The van der Waals surface area contributed by atoms with Gasteiger partial charge >= 0.3 is 0 Å². The molecule has 6 heteroatoms. The van der Waals surface area contributed by atoms with Crippen LogP contribution in [0.1, 0.15) is 0 Å². The molecule has 0 aliphatic heterocycles. The molecule has 15 heavy (non-hydrogen) atoms. The van der Waals surface area contributed by atoms with E-state index in [1.54, 1.807) is 0 Å². The third-order valence-corrected chi connectivity index (χ3v) is 1.94. The summed E-state index contributed by atoms with van der Waals surface area (Å²) in [5.41, 5.74) is -0.720. The highest BCUT2D eigenvalue weighted by atomic mass is 19.2. The van der Waals surface area contributed by atoms with Gasteiger partial charge in [-0.05, 0) is 0 Å². The Balaban J connectivity index is 2.96. The third-order valence-electron chi connectivity index (χ3n) is 1.94. The molecular weight excluding hydrogens is 206 g/mol. The van der Waals surface area contributed by atoms with Gasteiger partial charge in [0.15, 0.2) is 11.6 Å². The molecule has 0 aliphatic rings. The molecule has 1 N–H and O–H groups in total. The minimum Gasteiger partial charge on any atom is -0.494 e. The summed E-state index contributed by atoms with van der Waals surface area (Å²) < 4.78 is 31.0. The maximum atomic E-state index is 13.2. The normalized spacial score (nSPS) is 10.6. The predicted octanol–water partition coefficient (Wildman–Crippen LogP) is 1.21. The molecule has 0 saturated carbocycles. The van der Waals surface area contributed by atoms with Gasteiger partial charge in [0, 0.05) is 6.07 Å². The molecule has 0 radical (unpaired) electrons. The van der Waals surface area contributed by atoms with Crippen LogP contribution >= 0.6 is 0 Å². The molecule has 0 unspecified atom stereocenters. The second kappa shape index (κ2) is 3.30. The zero-order valence-corrected chi connectivity index (χ0v) is 7.67. The number of aromatic nitrogens is 2. The summed E-state index contributed by atoms with van der Waals surface area (Å²) in [6.07, 6.45) is 0.879. The highest BCUT2D eigenvalue weighted by molar-refractivity contribution is 5.81. The number of benzene rings is 1. The minimum atomic E-state index is -1.11. The zero-order valence-electron chi connectivity index (χ0n) is 7.67. The van der Waals surface area contributed by atoms with Gasteiger partial charge in [-0.25, -0.2) is 13.8 Å². The van der Waals surface area contributed by atoms with Crippen LogP contribution in [0.3, 0.4) is 0 Å². The van der Waals surface area contributed by atoms with Crippen molar-refractivity contribution in [3.63, 3.8) is 0 Å². The van der Waals surface area contributed by atoms with Gasteiger partial charge in [0.25, 0.3) is 5.56 Å². The summed E-state index contributed by atoms with van der Waals surface area (Å²) in [6.45, 7) is 0. The van der Waals surface area contributed by atoms with E-state index in [0.717, 1.165) is 12.3 Å². The van der Waals surface area contributed by atoms with E-state index in [4.69, 9.17) is 4.74 Å². The number of fused-ring (bicyclic) bond motifs is 1. The van der Waals surface area contributed by atoms with E-state index in [1.165, 1.54) is 7.11 Å². The lowest BCUT2D eigenvalue weighted by Gasteiger charge is -2.05. The second-order valence-corrected chi connectivity index (χ2v) is 2.85. The van der Waals surface area contributed by atoms with E-state index in [-0.39, 0.29) is 16.8 Å². The molecular formula is C9H6F2N2O2. The van der Waals surface area contributed by atoms with Crippen LogP contribution in [0.5, 0.6) is 5.75 Å². The molecule has 4 nitrogen and oxygen atoms in total. The van der Waals surface area contributed by atoms with Crippen molar-refractivity contribution < 1.29 is 13.5 Å². The van der Waals surface area contributed by atoms with Crippen molar-refractivity contribution in [1.29, 1.82) is 0 Å². The van der Waals surface area contributed by atoms with Crippen LogP contribution in [0, 0.1) is 11.6 Å². The molecule has 0 aliphatic carbocycles. The first-order chi connectivity index (χ1) is 7.13. The van der Waals surface area contributed by atoms with Crippen LogP contribution in [-0.4, -0.2) is 17.1 Å². The van der Waals surface area contributed by atoms with Gasteiger partial charge < -0.3 is 9.72 Å². The van der Waals surface area contributed by atoms with Gasteiger partial charge in [0.05, 0.1) is 13.3 Å². The maximum absolute atomic E-state index is 13.2. The molecule has 1 heterocycles. The predicted molar refractivity (Wildman–Crippen MR) is 48.8 cm³/mol. The highest BCUT2D eigenvalue weighted by Crippen LogP contribution is 2.25. The van der Waals surface area contributed by atoms with E-state index in [9.17, 15) is 13.6 Å². The van der Waals surface area contributed by atoms with E-state index < -0.39 is 17.2 Å². The highest BCUT2D eigenvalue weighted by Gasteiger charge is 2.14. The zero-order chi connectivity index (χ0) is 11.0. The molecule has 0 amide bonds. The average molecular weight is 212 g/mol. The number of nitrogens with one attached hydrogen (secondary N) is 1. The number of hydrogen-bond donors (Lipinski definition) is 1. The Morgan fingerprint density at radius 2 is 2.20 bits per heavy atom. The fourth-order valence-corrected chi connectivity index (χ4v) is 1.27. The SMILES string of the molecule is COc1cc(F)c(F)c2ncc(=O)[nH]c12. The summed E-state index contributed by atoms with van der Waals surface area (Å²) in [5, 5.41) is 0. The van der Waals surface area contributed by atoms with Crippen molar-refractivity contribution in [2.75, 3.05) is 7.11 Å². The van der Waals surface area contributed by atoms with Crippen molar-refractivity contribution in [3.8, 4) is 5.75 Å². The molecule has 1 aromatic carbocycles. The van der Waals surface area contributed by atoms with E-state index >= 15 is 0 Å².